The predicted molar refractivity (Wildman–Crippen MR) is 105 cm³/mol. The topological polar surface area (TPSA) is 105 Å². The van der Waals surface area contributed by atoms with E-state index >= 15 is 0 Å². The van der Waals surface area contributed by atoms with E-state index in [2.05, 4.69) is 9.71 Å². The van der Waals surface area contributed by atoms with Crippen LogP contribution >= 0.6 is 11.6 Å². The van der Waals surface area contributed by atoms with Crippen molar-refractivity contribution in [2.45, 2.75) is 17.9 Å². The van der Waals surface area contributed by atoms with E-state index in [1.165, 1.54) is 18.2 Å². The first-order chi connectivity index (χ1) is 12.7. The quantitative estimate of drug-likeness (QED) is 0.311. The van der Waals surface area contributed by atoms with Gasteiger partial charge in [0.2, 0.25) is 10.0 Å². The lowest BCUT2D eigenvalue weighted by molar-refractivity contribution is -0.385. The second-order valence-corrected chi connectivity index (χ2v) is 8.05. The van der Waals surface area contributed by atoms with Crippen molar-refractivity contribution in [3.8, 4) is 0 Å². The fourth-order valence-corrected chi connectivity index (χ4v) is 3.31. The van der Waals surface area contributed by atoms with Gasteiger partial charge in [0.25, 0.3) is 5.69 Å². The lowest BCUT2D eigenvalue weighted by Gasteiger charge is -2.22. The number of sulfonamides is 1. The number of rotatable bonds is 8. The minimum atomic E-state index is -3.86. The first-order valence-electron chi connectivity index (χ1n) is 7.95. The molecule has 27 heavy (non-hydrogen) atoms. The third kappa shape index (κ3) is 6.02. The highest BCUT2D eigenvalue weighted by molar-refractivity contribution is 7.89. The molecule has 10 heteroatoms. The molecule has 0 amide bonds. The number of benzene rings is 2. The normalized spacial score (nSPS) is 12.9. The van der Waals surface area contributed by atoms with Crippen molar-refractivity contribution in [3.05, 3.63) is 63.7 Å². The van der Waals surface area contributed by atoms with Crippen LogP contribution in [0.3, 0.4) is 0 Å². The molecular weight excluding hydrogens is 392 g/mol. The van der Waals surface area contributed by atoms with E-state index in [1.807, 2.05) is 6.92 Å². The number of likely N-dealkylation sites (N-methyl/N-ethyl adjacent to an activating group) is 1. The van der Waals surface area contributed by atoms with Crippen LogP contribution in [-0.2, 0) is 10.0 Å². The molecule has 0 aliphatic carbocycles. The predicted octanol–water partition coefficient (Wildman–Crippen LogP) is 3.21. The molecule has 0 saturated carbocycles. The summed E-state index contributed by atoms with van der Waals surface area (Å²) in [6, 6.07) is 11.7. The Labute approximate surface area is 162 Å². The van der Waals surface area contributed by atoms with E-state index in [1.54, 1.807) is 42.6 Å². The minimum Gasteiger partial charge on any atom is -0.362 e. The molecule has 0 aliphatic heterocycles. The molecule has 0 spiro atoms. The zero-order valence-electron chi connectivity index (χ0n) is 14.7. The summed E-state index contributed by atoms with van der Waals surface area (Å²) >= 11 is 5.82. The summed E-state index contributed by atoms with van der Waals surface area (Å²) in [5, 5.41) is 11.4. The summed E-state index contributed by atoms with van der Waals surface area (Å²) in [7, 11) is -2.09. The highest BCUT2D eigenvalue weighted by atomic mass is 35.5. The van der Waals surface area contributed by atoms with Crippen LogP contribution in [0, 0.1) is 10.1 Å². The van der Waals surface area contributed by atoms with Crippen LogP contribution in [0.4, 0.5) is 11.4 Å². The van der Waals surface area contributed by atoms with Crippen molar-refractivity contribution in [3.63, 3.8) is 0 Å². The second-order valence-electron chi connectivity index (χ2n) is 5.84. The van der Waals surface area contributed by atoms with Gasteiger partial charge in [0, 0.05) is 36.8 Å². The number of nitro groups is 1. The van der Waals surface area contributed by atoms with Crippen molar-refractivity contribution in [1.82, 2.24) is 9.62 Å². The van der Waals surface area contributed by atoms with Crippen molar-refractivity contribution in [2.75, 3.05) is 13.6 Å². The van der Waals surface area contributed by atoms with Crippen LogP contribution in [0.5, 0.6) is 0 Å². The fraction of sp³-hybridized carbons (Fsp3) is 0.235. The van der Waals surface area contributed by atoms with Gasteiger partial charge in [-0.3, -0.25) is 10.1 Å². The molecule has 144 valence electrons. The Morgan fingerprint density at radius 1 is 1.30 bits per heavy atom. The molecule has 1 atom stereocenters. The van der Waals surface area contributed by atoms with E-state index in [9.17, 15) is 18.5 Å². The smallest absolute Gasteiger partial charge is 0.270 e. The van der Waals surface area contributed by atoms with Gasteiger partial charge in [-0.05, 0) is 37.3 Å². The van der Waals surface area contributed by atoms with Crippen molar-refractivity contribution in [1.29, 1.82) is 0 Å². The maximum absolute atomic E-state index is 12.3. The fourth-order valence-electron chi connectivity index (χ4n) is 2.02. The molecule has 0 saturated heterocycles. The lowest BCUT2D eigenvalue weighted by Crippen LogP contribution is -2.39. The molecule has 2 aromatic carbocycles. The van der Waals surface area contributed by atoms with Gasteiger partial charge < -0.3 is 4.90 Å². The van der Waals surface area contributed by atoms with Crippen LogP contribution in [-0.4, -0.2) is 44.2 Å². The zero-order valence-corrected chi connectivity index (χ0v) is 16.3. The Kier molecular flexibility index (Phi) is 6.89. The van der Waals surface area contributed by atoms with Gasteiger partial charge in [-0.2, -0.15) is 0 Å². The monoisotopic (exact) mass is 410 g/mol. The maximum Gasteiger partial charge on any atom is 0.270 e. The highest BCUT2D eigenvalue weighted by Gasteiger charge is 2.19. The molecule has 0 heterocycles. The molecule has 2 rings (SSSR count). The van der Waals surface area contributed by atoms with E-state index in [0.29, 0.717) is 5.02 Å². The molecule has 0 radical (unpaired) electrons. The van der Waals surface area contributed by atoms with E-state index < -0.39 is 14.9 Å². The number of aliphatic imine (C=N–C) groups is 1. The standard InChI is InChI=1S/C17H19ClN4O4S/c1-13(21(2)12-19-15-8-6-14(18)7-9-15)11-20-27(25,26)17-5-3-4-16(10-17)22(23)24/h3-10,12-13,20H,11H2,1-2H3. The third-order valence-corrected chi connectivity index (χ3v) is 5.49. The molecule has 0 aliphatic rings. The first-order valence-corrected chi connectivity index (χ1v) is 9.81. The molecule has 1 unspecified atom stereocenters. The van der Waals surface area contributed by atoms with Gasteiger partial charge >= 0.3 is 0 Å². The number of nitrogens with zero attached hydrogens (tertiary/aromatic N) is 3. The SMILES string of the molecule is CC(CNS(=O)(=O)c1cccc([N+](=O)[O-])c1)N(C)C=Nc1ccc(Cl)cc1. The van der Waals surface area contributed by atoms with Crippen molar-refractivity contribution in [2.24, 2.45) is 4.99 Å². The summed E-state index contributed by atoms with van der Waals surface area (Å²) in [6.45, 7) is 1.93. The Bertz CT molecular complexity index is 932. The van der Waals surface area contributed by atoms with Crippen LogP contribution < -0.4 is 4.72 Å². The van der Waals surface area contributed by atoms with Gasteiger partial charge in [-0.15, -0.1) is 0 Å². The van der Waals surface area contributed by atoms with Crippen LogP contribution in [0.1, 0.15) is 6.92 Å². The number of nitrogens with one attached hydrogen (secondary N) is 1. The molecule has 2 aromatic rings. The number of hydrogen-bond acceptors (Lipinski definition) is 5. The minimum absolute atomic E-state index is 0.105. The molecule has 1 N–H and O–H groups in total. The zero-order chi connectivity index (χ0) is 20.0. The average Bonchev–Trinajstić information content (AvgIpc) is 2.65. The Hall–Kier alpha value is -2.49. The van der Waals surface area contributed by atoms with Gasteiger partial charge in [0.1, 0.15) is 0 Å². The van der Waals surface area contributed by atoms with Gasteiger partial charge in [-0.1, -0.05) is 17.7 Å². The maximum atomic E-state index is 12.3. The van der Waals surface area contributed by atoms with E-state index in [0.717, 1.165) is 11.8 Å². The average molecular weight is 411 g/mol. The van der Waals surface area contributed by atoms with Crippen LogP contribution in [0.25, 0.3) is 0 Å². The molecule has 0 aromatic heterocycles. The summed E-state index contributed by atoms with van der Waals surface area (Å²) in [4.78, 5) is 16.1. The summed E-state index contributed by atoms with van der Waals surface area (Å²) in [5.41, 5.74) is 0.439. The first kappa shape index (κ1) is 20.8. The molecule has 0 fully saturated rings. The molecular formula is C17H19ClN4O4S. The van der Waals surface area contributed by atoms with Gasteiger partial charge in [-0.25, -0.2) is 18.1 Å². The Morgan fingerprint density at radius 2 is 1.96 bits per heavy atom. The highest BCUT2D eigenvalue weighted by Crippen LogP contribution is 2.17. The van der Waals surface area contributed by atoms with Gasteiger partial charge in [0.05, 0.1) is 21.8 Å². The van der Waals surface area contributed by atoms with Crippen LogP contribution in [0.15, 0.2) is 58.4 Å². The number of halogens is 1. The third-order valence-electron chi connectivity index (χ3n) is 3.82. The number of nitro benzene ring substituents is 1. The Morgan fingerprint density at radius 3 is 2.59 bits per heavy atom. The molecule has 8 nitrogen and oxygen atoms in total. The van der Waals surface area contributed by atoms with Crippen LogP contribution in [0.2, 0.25) is 5.02 Å². The van der Waals surface area contributed by atoms with Gasteiger partial charge in [0.15, 0.2) is 0 Å². The largest absolute Gasteiger partial charge is 0.362 e. The second kappa shape index (κ2) is 8.94. The van der Waals surface area contributed by atoms with E-state index in [4.69, 9.17) is 11.6 Å². The molecule has 0 bridgehead atoms. The number of hydrogen-bond donors (Lipinski definition) is 1. The lowest BCUT2D eigenvalue weighted by atomic mass is 10.3. The number of non-ortho nitro benzene ring substituents is 1. The van der Waals surface area contributed by atoms with Crippen molar-refractivity contribution < 1.29 is 13.3 Å². The Balaban J connectivity index is 1.98. The summed E-state index contributed by atoms with van der Waals surface area (Å²) in [5.74, 6) is 0. The van der Waals surface area contributed by atoms with E-state index in [-0.39, 0.29) is 23.2 Å². The summed E-state index contributed by atoms with van der Waals surface area (Å²) < 4.78 is 27.2. The van der Waals surface area contributed by atoms with Crippen molar-refractivity contribution >= 4 is 39.3 Å². The summed E-state index contributed by atoms with van der Waals surface area (Å²) in [6.07, 6.45) is 1.59.